The number of hydrogen-bond acceptors (Lipinski definition) is 5. The summed E-state index contributed by atoms with van der Waals surface area (Å²) in [5, 5.41) is 1.80. The van der Waals surface area contributed by atoms with Crippen molar-refractivity contribution in [1.82, 2.24) is 9.97 Å². The van der Waals surface area contributed by atoms with E-state index in [0.29, 0.717) is 17.9 Å². The molecule has 5 rings (SSSR count). The van der Waals surface area contributed by atoms with Gasteiger partial charge in [-0.3, -0.25) is 0 Å². The van der Waals surface area contributed by atoms with Gasteiger partial charge in [-0.2, -0.15) is 0 Å². The zero-order valence-electron chi connectivity index (χ0n) is 18.1. The molecule has 1 N–H and O–H groups in total. The number of rotatable bonds is 7. The number of methoxy groups -OCH3 is 1. The number of pyridine rings is 1. The lowest BCUT2D eigenvalue weighted by atomic mass is 10.1. The first kappa shape index (κ1) is 20.7. The molecule has 5 aromatic rings. The number of H-pyrrole nitrogens is 1. The second-order valence-corrected chi connectivity index (χ2v) is 7.62. The summed E-state index contributed by atoms with van der Waals surface area (Å²) < 4.78 is 17.0. The first-order chi connectivity index (χ1) is 16.2. The van der Waals surface area contributed by atoms with Crippen LogP contribution >= 0.6 is 0 Å². The average Bonchev–Trinajstić information content (AvgIpc) is 3.22. The number of ether oxygens (including phenoxy) is 3. The van der Waals surface area contributed by atoms with Crippen molar-refractivity contribution in [2.75, 3.05) is 7.11 Å². The molecule has 0 aliphatic rings. The van der Waals surface area contributed by atoms with E-state index in [1.165, 1.54) is 0 Å². The van der Waals surface area contributed by atoms with Crippen LogP contribution in [0.25, 0.3) is 21.8 Å². The molecular formula is C27H22N2O4. The fraction of sp³-hybridized carbons (Fsp3) is 0.111. The van der Waals surface area contributed by atoms with Gasteiger partial charge in [0, 0.05) is 29.0 Å². The van der Waals surface area contributed by atoms with Gasteiger partial charge in [-0.1, -0.05) is 48.5 Å². The Balaban J connectivity index is 1.54. The van der Waals surface area contributed by atoms with Crippen molar-refractivity contribution < 1.29 is 19.0 Å². The summed E-state index contributed by atoms with van der Waals surface area (Å²) in [5.41, 5.74) is 3.72. The predicted octanol–water partition coefficient (Wildman–Crippen LogP) is 5.66. The van der Waals surface area contributed by atoms with Crippen LogP contribution in [0.4, 0.5) is 0 Å². The Morgan fingerprint density at radius 1 is 0.879 bits per heavy atom. The van der Waals surface area contributed by atoms with Crippen LogP contribution < -0.4 is 9.47 Å². The fourth-order valence-corrected chi connectivity index (χ4v) is 3.87. The van der Waals surface area contributed by atoms with Crippen LogP contribution in [0.5, 0.6) is 11.5 Å². The summed E-state index contributed by atoms with van der Waals surface area (Å²) in [5.74, 6) is 0.671. The summed E-state index contributed by atoms with van der Waals surface area (Å²) in [7, 11) is 1.59. The van der Waals surface area contributed by atoms with Crippen molar-refractivity contribution in [2.24, 2.45) is 0 Å². The van der Waals surface area contributed by atoms with E-state index < -0.39 is 5.97 Å². The number of carbonyl (C=O) groups is 1. The van der Waals surface area contributed by atoms with Gasteiger partial charge < -0.3 is 19.2 Å². The van der Waals surface area contributed by atoms with Crippen molar-refractivity contribution in [3.63, 3.8) is 0 Å². The van der Waals surface area contributed by atoms with Gasteiger partial charge in [-0.15, -0.1) is 0 Å². The number of para-hydroxylation sites is 1. The van der Waals surface area contributed by atoms with Gasteiger partial charge in [0.1, 0.15) is 18.1 Å². The Bertz CT molecular complexity index is 1410. The minimum atomic E-state index is -0.527. The largest absolute Gasteiger partial charge is 0.489 e. The lowest BCUT2D eigenvalue weighted by Crippen LogP contribution is -2.14. The average molecular weight is 438 g/mol. The minimum absolute atomic E-state index is 0.214. The molecule has 6 heteroatoms. The molecule has 164 valence electrons. The third-order valence-corrected chi connectivity index (χ3v) is 5.39. The van der Waals surface area contributed by atoms with E-state index >= 15 is 0 Å². The first-order valence-electron chi connectivity index (χ1n) is 10.6. The van der Waals surface area contributed by atoms with Crippen LogP contribution in [0.1, 0.15) is 21.6 Å². The number of aromatic nitrogens is 2. The van der Waals surface area contributed by atoms with Crippen molar-refractivity contribution in [3.05, 3.63) is 102 Å². The van der Waals surface area contributed by atoms with Crippen molar-refractivity contribution in [2.45, 2.75) is 13.2 Å². The molecule has 2 aromatic heterocycles. The maximum Gasteiger partial charge on any atom is 0.362 e. The van der Waals surface area contributed by atoms with E-state index in [-0.39, 0.29) is 12.3 Å². The van der Waals surface area contributed by atoms with Gasteiger partial charge in [-0.05, 0) is 35.9 Å². The molecule has 0 saturated heterocycles. The Hall–Kier alpha value is -4.16. The summed E-state index contributed by atoms with van der Waals surface area (Å²) in [4.78, 5) is 20.7. The Morgan fingerprint density at radius 3 is 2.39 bits per heavy atom. The van der Waals surface area contributed by atoms with Crippen molar-refractivity contribution in [1.29, 1.82) is 0 Å². The Labute approximate surface area is 190 Å². The number of hydrogen-bond donors (Lipinski definition) is 1. The first-order valence-corrected chi connectivity index (χ1v) is 10.6. The Morgan fingerprint density at radius 2 is 1.64 bits per heavy atom. The van der Waals surface area contributed by atoms with E-state index in [2.05, 4.69) is 9.97 Å². The minimum Gasteiger partial charge on any atom is -0.489 e. The summed E-state index contributed by atoms with van der Waals surface area (Å²) in [6, 6.07) is 24.8. The molecule has 0 radical (unpaired) electrons. The number of benzene rings is 3. The van der Waals surface area contributed by atoms with Crippen LogP contribution in [-0.4, -0.2) is 23.0 Å². The number of nitrogens with zero attached hydrogens (tertiary/aromatic N) is 1. The predicted molar refractivity (Wildman–Crippen MR) is 126 cm³/mol. The van der Waals surface area contributed by atoms with E-state index in [1.54, 1.807) is 25.4 Å². The molecule has 2 heterocycles. The van der Waals surface area contributed by atoms with Crippen LogP contribution in [-0.2, 0) is 18.0 Å². The van der Waals surface area contributed by atoms with Crippen LogP contribution in [0.2, 0.25) is 0 Å². The smallest absolute Gasteiger partial charge is 0.362 e. The van der Waals surface area contributed by atoms with Gasteiger partial charge >= 0.3 is 5.97 Å². The van der Waals surface area contributed by atoms with Gasteiger partial charge in [0.05, 0.1) is 18.3 Å². The molecular weight excluding hydrogens is 416 g/mol. The lowest BCUT2D eigenvalue weighted by molar-refractivity contribution is 0.0723. The SMILES string of the molecule is COCc1c(C(=O)Oc2ccccc2)ncc2[nH]c3ccc(OCc4ccccc4)cc3c12. The highest BCUT2D eigenvalue weighted by molar-refractivity contribution is 6.11. The maximum absolute atomic E-state index is 13.0. The Kier molecular flexibility index (Phi) is 5.74. The molecule has 0 amide bonds. The van der Waals surface area contributed by atoms with E-state index in [1.807, 2.05) is 66.7 Å². The third-order valence-electron chi connectivity index (χ3n) is 5.39. The maximum atomic E-state index is 13.0. The molecule has 0 aliphatic carbocycles. The highest BCUT2D eigenvalue weighted by Crippen LogP contribution is 2.33. The van der Waals surface area contributed by atoms with Gasteiger partial charge in [0.15, 0.2) is 5.69 Å². The molecule has 0 spiro atoms. The molecule has 6 nitrogen and oxygen atoms in total. The van der Waals surface area contributed by atoms with E-state index in [0.717, 1.165) is 33.1 Å². The lowest BCUT2D eigenvalue weighted by Gasteiger charge is -2.10. The zero-order valence-corrected chi connectivity index (χ0v) is 18.1. The highest BCUT2D eigenvalue weighted by atomic mass is 16.5. The number of esters is 1. The number of fused-ring (bicyclic) bond motifs is 3. The third kappa shape index (κ3) is 4.29. The highest BCUT2D eigenvalue weighted by Gasteiger charge is 2.21. The van der Waals surface area contributed by atoms with Gasteiger partial charge in [-0.25, -0.2) is 9.78 Å². The molecule has 0 atom stereocenters. The standard InChI is InChI=1S/C27H22N2O4/c1-31-17-22-25-21-14-20(32-16-18-8-4-2-5-9-18)12-13-23(21)29-24(25)15-28-26(22)27(30)33-19-10-6-3-7-11-19/h2-15,29H,16-17H2,1H3. The molecule has 0 saturated carbocycles. The van der Waals surface area contributed by atoms with Crippen molar-refractivity contribution >= 4 is 27.8 Å². The van der Waals surface area contributed by atoms with Gasteiger partial charge in [0.2, 0.25) is 0 Å². The summed E-state index contributed by atoms with van der Waals surface area (Å²) >= 11 is 0. The number of aromatic amines is 1. The van der Waals surface area contributed by atoms with Crippen LogP contribution in [0, 0.1) is 0 Å². The van der Waals surface area contributed by atoms with Gasteiger partial charge in [0.25, 0.3) is 0 Å². The monoisotopic (exact) mass is 438 g/mol. The fourth-order valence-electron chi connectivity index (χ4n) is 3.87. The molecule has 0 bridgehead atoms. The van der Waals surface area contributed by atoms with Crippen LogP contribution in [0.15, 0.2) is 85.1 Å². The molecule has 3 aromatic carbocycles. The molecule has 0 unspecified atom stereocenters. The van der Waals surface area contributed by atoms with Crippen molar-refractivity contribution in [3.8, 4) is 11.5 Å². The molecule has 0 fully saturated rings. The topological polar surface area (TPSA) is 73.4 Å². The van der Waals surface area contributed by atoms with E-state index in [9.17, 15) is 4.79 Å². The normalized spacial score (nSPS) is 11.1. The number of nitrogens with one attached hydrogen (secondary N) is 1. The van der Waals surface area contributed by atoms with E-state index in [4.69, 9.17) is 14.2 Å². The number of carbonyl (C=O) groups excluding carboxylic acids is 1. The second kappa shape index (κ2) is 9.14. The summed E-state index contributed by atoms with van der Waals surface area (Å²) in [6.45, 7) is 0.682. The zero-order chi connectivity index (χ0) is 22.6. The molecule has 0 aliphatic heterocycles. The molecule has 33 heavy (non-hydrogen) atoms. The second-order valence-electron chi connectivity index (χ2n) is 7.62. The quantitative estimate of drug-likeness (QED) is 0.262. The van der Waals surface area contributed by atoms with Crippen LogP contribution in [0.3, 0.4) is 0 Å². The summed E-state index contributed by atoms with van der Waals surface area (Å²) in [6.07, 6.45) is 1.65.